The van der Waals surface area contributed by atoms with Gasteiger partial charge in [-0.05, 0) is 96.0 Å². The van der Waals surface area contributed by atoms with Crippen LogP contribution in [0.1, 0.15) is 44.1 Å². The molecule has 4 aliphatic carbocycles. The Kier molecular flexibility index (Phi) is 4.30. The molecule has 4 aliphatic rings. The van der Waals surface area contributed by atoms with Crippen molar-refractivity contribution in [3.8, 4) is 11.5 Å². The Bertz CT molecular complexity index is 693. The number of halogens is 1. The molecule has 25 heavy (non-hydrogen) atoms. The van der Waals surface area contributed by atoms with Gasteiger partial charge in [0.25, 0.3) is 0 Å². The lowest BCUT2D eigenvalue weighted by atomic mass is 9.53. The number of amides is 1. The van der Waals surface area contributed by atoms with Crippen LogP contribution in [0.3, 0.4) is 0 Å². The van der Waals surface area contributed by atoms with E-state index in [2.05, 4.69) is 21.2 Å². The van der Waals surface area contributed by atoms with Crippen LogP contribution in [-0.4, -0.2) is 23.7 Å². The lowest BCUT2D eigenvalue weighted by Crippen LogP contribution is -2.59. The molecule has 1 aromatic carbocycles. The minimum absolute atomic E-state index is 0.0230. The number of benzene rings is 1. The molecule has 5 heteroatoms. The van der Waals surface area contributed by atoms with Gasteiger partial charge < -0.3 is 15.2 Å². The maximum absolute atomic E-state index is 12.5. The molecule has 0 spiro atoms. The first kappa shape index (κ1) is 17.0. The first-order chi connectivity index (χ1) is 12.0. The molecule has 4 nitrogen and oxygen atoms in total. The number of rotatable bonds is 4. The van der Waals surface area contributed by atoms with Crippen LogP contribution >= 0.6 is 15.9 Å². The predicted octanol–water partition coefficient (Wildman–Crippen LogP) is 4.26. The van der Waals surface area contributed by atoms with Crippen molar-refractivity contribution in [3.05, 3.63) is 28.2 Å². The third-order valence-corrected chi connectivity index (χ3v) is 6.73. The van der Waals surface area contributed by atoms with Gasteiger partial charge in [0.05, 0.1) is 11.6 Å². The van der Waals surface area contributed by atoms with E-state index >= 15 is 0 Å². The summed E-state index contributed by atoms with van der Waals surface area (Å²) in [5.41, 5.74) is 0.839. The van der Waals surface area contributed by atoms with Crippen molar-refractivity contribution >= 4 is 27.9 Å². The largest absolute Gasteiger partial charge is 0.503 e. The van der Waals surface area contributed by atoms with Gasteiger partial charge in [0.1, 0.15) is 0 Å². The number of methoxy groups -OCH3 is 1. The lowest BCUT2D eigenvalue weighted by molar-refractivity contribution is -0.122. The molecule has 134 valence electrons. The van der Waals surface area contributed by atoms with Crippen molar-refractivity contribution in [1.82, 2.24) is 5.32 Å². The smallest absolute Gasteiger partial charge is 0.244 e. The Morgan fingerprint density at radius 1 is 1.24 bits per heavy atom. The molecule has 1 aromatic rings. The average molecular weight is 406 g/mol. The van der Waals surface area contributed by atoms with Crippen LogP contribution in [0.5, 0.6) is 11.5 Å². The highest BCUT2D eigenvalue weighted by atomic mass is 79.9. The van der Waals surface area contributed by atoms with Gasteiger partial charge in [-0.1, -0.05) is 0 Å². The summed E-state index contributed by atoms with van der Waals surface area (Å²) < 4.78 is 5.70. The zero-order valence-electron chi connectivity index (χ0n) is 14.4. The maximum atomic E-state index is 12.5. The van der Waals surface area contributed by atoms with Gasteiger partial charge >= 0.3 is 0 Å². The van der Waals surface area contributed by atoms with Crippen molar-refractivity contribution in [1.29, 1.82) is 0 Å². The number of carbonyl (C=O) groups is 1. The van der Waals surface area contributed by atoms with Crippen LogP contribution in [0.25, 0.3) is 6.08 Å². The van der Waals surface area contributed by atoms with Gasteiger partial charge in [0, 0.05) is 11.6 Å². The topological polar surface area (TPSA) is 58.6 Å². The van der Waals surface area contributed by atoms with Crippen LogP contribution in [0, 0.1) is 17.8 Å². The van der Waals surface area contributed by atoms with E-state index in [-0.39, 0.29) is 17.2 Å². The fourth-order valence-corrected chi connectivity index (χ4v) is 6.04. The fourth-order valence-electron chi connectivity index (χ4n) is 5.58. The Morgan fingerprint density at radius 3 is 2.40 bits per heavy atom. The summed E-state index contributed by atoms with van der Waals surface area (Å²) in [6.45, 7) is 0. The normalized spacial score (nSPS) is 33.0. The maximum Gasteiger partial charge on any atom is 0.244 e. The number of hydrogen-bond donors (Lipinski definition) is 2. The molecule has 1 amide bonds. The van der Waals surface area contributed by atoms with Gasteiger partial charge in [-0.2, -0.15) is 0 Å². The molecule has 0 aromatic heterocycles. The standard InChI is InChI=1S/C20H24BrNO3/c1-25-17-8-12(7-16(21)19(17)24)2-3-18(23)22-20-9-13-4-14(10-20)6-15(5-13)11-20/h2-3,7-8,13-15,24H,4-6,9-11H2,1H3,(H,22,23)/b3-2+. The molecule has 2 N–H and O–H groups in total. The van der Waals surface area contributed by atoms with Gasteiger partial charge in [-0.15, -0.1) is 0 Å². The van der Waals surface area contributed by atoms with Crippen molar-refractivity contribution in [2.24, 2.45) is 17.8 Å². The van der Waals surface area contributed by atoms with Gasteiger partial charge in [-0.25, -0.2) is 0 Å². The summed E-state index contributed by atoms with van der Waals surface area (Å²) in [6, 6.07) is 3.49. The molecule has 0 radical (unpaired) electrons. The number of phenolic OH excluding ortho intramolecular Hbond substituents is 1. The summed E-state index contributed by atoms with van der Waals surface area (Å²) in [7, 11) is 1.51. The summed E-state index contributed by atoms with van der Waals surface area (Å²) in [4.78, 5) is 12.5. The number of aromatic hydroxyl groups is 1. The number of phenols is 1. The molecule has 5 rings (SSSR count). The molecule has 4 fully saturated rings. The fraction of sp³-hybridized carbons (Fsp3) is 0.550. The predicted molar refractivity (Wildman–Crippen MR) is 100 cm³/mol. The van der Waals surface area contributed by atoms with E-state index in [1.807, 2.05) is 0 Å². The minimum atomic E-state index is -0.0230. The quantitative estimate of drug-likeness (QED) is 0.735. The summed E-state index contributed by atoms with van der Waals surface area (Å²) in [5.74, 6) is 2.87. The van der Waals surface area contributed by atoms with Crippen molar-refractivity contribution in [2.75, 3.05) is 7.11 Å². The summed E-state index contributed by atoms with van der Waals surface area (Å²) in [6.07, 6.45) is 10.9. The van der Waals surface area contributed by atoms with Gasteiger partial charge in [0.2, 0.25) is 5.91 Å². The molecular formula is C20H24BrNO3. The SMILES string of the molecule is COc1cc(/C=C/C(=O)NC23CC4CC(CC(C4)C2)C3)cc(Br)c1O. The van der Waals surface area contributed by atoms with E-state index in [9.17, 15) is 9.90 Å². The van der Waals surface area contributed by atoms with Gasteiger partial charge in [0.15, 0.2) is 11.5 Å². The summed E-state index contributed by atoms with van der Waals surface area (Å²) >= 11 is 3.31. The molecule has 0 unspecified atom stereocenters. The molecule has 4 bridgehead atoms. The van der Waals surface area contributed by atoms with E-state index < -0.39 is 0 Å². The second kappa shape index (κ2) is 6.35. The Morgan fingerprint density at radius 2 is 1.84 bits per heavy atom. The minimum Gasteiger partial charge on any atom is -0.503 e. The number of carbonyl (C=O) groups excluding carboxylic acids is 1. The third-order valence-electron chi connectivity index (χ3n) is 6.12. The van der Waals surface area contributed by atoms with Crippen molar-refractivity contribution in [3.63, 3.8) is 0 Å². The lowest BCUT2D eigenvalue weighted by Gasteiger charge is -2.56. The average Bonchev–Trinajstić information content (AvgIpc) is 2.54. The summed E-state index contributed by atoms with van der Waals surface area (Å²) in [5, 5.41) is 13.2. The molecule has 0 atom stereocenters. The van der Waals surface area contributed by atoms with E-state index in [0.29, 0.717) is 10.2 Å². The van der Waals surface area contributed by atoms with E-state index in [4.69, 9.17) is 4.74 Å². The molecule has 0 aliphatic heterocycles. The Labute approximate surface area is 156 Å². The van der Waals surface area contributed by atoms with Crippen LogP contribution in [0.2, 0.25) is 0 Å². The first-order valence-electron chi connectivity index (χ1n) is 9.03. The molecular weight excluding hydrogens is 382 g/mol. The third kappa shape index (κ3) is 3.31. The molecule has 4 saturated carbocycles. The molecule has 0 heterocycles. The Hall–Kier alpha value is -1.49. The van der Waals surface area contributed by atoms with E-state index in [0.717, 1.165) is 42.6 Å². The van der Waals surface area contributed by atoms with Crippen LogP contribution < -0.4 is 10.1 Å². The molecule has 0 saturated heterocycles. The van der Waals surface area contributed by atoms with Crippen LogP contribution in [0.4, 0.5) is 0 Å². The van der Waals surface area contributed by atoms with Gasteiger partial charge in [-0.3, -0.25) is 4.79 Å². The van der Waals surface area contributed by atoms with E-state index in [1.165, 1.54) is 26.4 Å². The highest BCUT2D eigenvalue weighted by Gasteiger charge is 2.51. The van der Waals surface area contributed by atoms with Crippen molar-refractivity contribution in [2.45, 2.75) is 44.1 Å². The number of ether oxygens (including phenoxy) is 1. The Balaban J connectivity index is 1.46. The first-order valence-corrected chi connectivity index (χ1v) is 9.82. The zero-order valence-corrected chi connectivity index (χ0v) is 16.0. The van der Waals surface area contributed by atoms with Crippen LogP contribution in [-0.2, 0) is 4.79 Å². The number of nitrogens with one attached hydrogen (secondary N) is 1. The highest BCUT2D eigenvalue weighted by molar-refractivity contribution is 9.10. The number of hydrogen-bond acceptors (Lipinski definition) is 3. The monoisotopic (exact) mass is 405 g/mol. The van der Waals surface area contributed by atoms with Crippen LogP contribution in [0.15, 0.2) is 22.7 Å². The van der Waals surface area contributed by atoms with E-state index in [1.54, 1.807) is 24.3 Å². The zero-order chi connectivity index (χ0) is 17.6. The van der Waals surface area contributed by atoms with Crippen molar-refractivity contribution < 1.29 is 14.6 Å². The second-order valence-electron chi connectivity index (χ2n) is 8.07. The second-order valence-corrected chi connectivity index (χ2v) is 8.93. The highest BCUT2D eigenvalue weighted by Crippen LogP contribution is 2.55.